The topological polar surface area (TPSA) is 99.3 Å². The molecule has 1 aromatic heterocycles. The maximum Gasteiger partial charge on any atom is 0.352 e. The van der Waals surface area contributed by atoms with Gasteiger partial charge < -0.3 is 10.1 Å². The highest BCUT2D eigenvalue weighted by molar-refractivity contribution is 9.10. The Morgan fingerprint density at radius 2 is 2.10 bits per heavy atom. The first-order chi connectivity index (χ1) is 9.79. The number of aromatic carboxylic acids is 1. The Morgan fingerprint density at radius 1 is 1.38 bits per heavy atom. The number of benzene rings is 1. The summed E-state index contributed by atoms with van der Waals surface area (Å²) >= 11 is 3.33. The van der Waals surface area contributed by atoms with Crippen molar-refractivity contribution in [3.05, 3.63) is 52.3 Å². The summed E-state index contributed by atoms with van der Waals surface area (Å²) in [5.74, 6) is -1.21. The van der Waals surface area contributed by atoms with Crippen LogP contribution in [-0.4, -0.2) is 24.5 Å². The van der Waals surface area contributed by atoms with Gasteiger partial charge in [-0.15, -0.1) is 0 Å². The number of aromatic nitrogens is 1. The number of nitrogens with one attached hydrogen (secondary N) is 2. The number of rotatable bonds is 5. The molecule has 0 amide bonds. The zero-order chi connectivity index (χ0) is 15.6. The lowest BCUT2D eigenvalue weighted by Gasteiger charge is -2.14. The lowest BCUT2D eigenvalue weighted by atomic mass is 10.1. The highest BCUT2D eigenvalue weighted by atomic mass is 79.9. The Hall–Kier alpha value is -1.64. The van der Waals surface area contributed by atoms with E-state index in [1.807, 2.05) is 18.2 Å². The quantitative estimate of drug-likeness (QED) is 0.750. The van der Waals surface area contributed by atoms with Crippen molar-refractivity contribution in [3.63, 3.8) is 0 Å². The van der Waals surface area contributed by atoms with Crippen molar-refractivity contribution in [1.29, 1.82) is 0 Å². The van der Waals surface area contributed by atoms with Gasteiger partial charge in [0.25, 0.3) is 0 Å². The number of hydrogen-bond donors (Lipinski definition) is 3. The zero-order valence-electron chi connectivity index (χ0n) is 11.0. The van der Waals surface area contributed by atoms with Gasteiger partial charge in [-0.05, 0) is 30.7 Å². The molecule has 0 bridgehead atoms. The Kier molecular flexibility index (Phi) is 4.50. The number of carboxylic acids is 1. The van der Waals surface area contributed by atoms with Crippen LogP contribution in [0.25, 0.3) is 0 Å². The van der Waals surface area contributed by atoms with Crippen LogP contribution in [0, 0.1) is 0 Å². The number of H-pyrrole nitrogens is 1. The maximum atomic E-state index is 12.2. The predicted octanol–water partition coefficient (Wildman–Crippen LogP) is 2.51. The van der Waals surface area contributed by atoms with Gasteiger partial charge >= 0.3 is 5.97 Å². The number of aromatic amines is 1. The average Bonchev–Trinajstić information content (AvgIpc) is 2.88. The van der Waals surface area contributed by atoms with Gasteiger partial charge in [-0.1, -0.05) is 28.1 Å². The van der Waals surface area contributed by atoms with Crippen molar-refractivity contribution < 1.29 is 18.3 Å². The maximum absolute atomic E-state index is 12.2. The number of carboxylic acid groups (broad SMARTS) is 1. The second kappa shape index (κ2) is 6.00. The third-order valence-electron chi connectivity index (χ3n) is 2.88. The van der Waals surface area contributed by atoms with Crippen molar-refractivity contribution >= 4 is 31.9 Å². The van der Waals surface area contributed by atoms with Crippen LogP contribution in [0.3, 0.4) is 0 Å². The lowest BCUT2D eigenvalue weighted by Crippen LogP contribution is -2.26. The molecule has 0 radical (unpaired) electrons. The van der Waals surface area contributed by atoms with Gasteiger partial charge in [0.15, 0.2) is 0 Å². The molecule has 1 heterocycles. The largest absolute Gasteiger partial charge is 0.477 e. The van der Waals surface area contributed by atoms with E-state index in [9.17, 15) is 13.2 Å². The standard InChI is InChI=1S/C13H13BrN2O4S/c1-8(9-3-2-4-10(14)5-9)16-21(19,20)11-6-12(13(17)18)15-7-11/h2-8,15-16H,1H3,(H,17,18)/t8-/m1/s1. The first-order valence-corrected chi connectivity index (χ1v) is 8.27. The summed E-state index contributed by atoms with van der Waals surface area (Å²) in [6.45, 7) is 1.71. The van der Waals surface area contributed by atoms with E-state index in [0.717, 1.165) is 22.3 Å². The summed E-state index contributed by atoms with van der Waals surface area (Å²) < 4.78 is 27.8. The first kappa shape index (κ1) is 15.7. The van der Waals surface area contributed by atoms with E-state index in [2.05, 4.69) is 25.6 Å². The van der Waals surface area contributed by atoms with Crippen LogP contribution in [-0.2, 0) is 10.0 Å². The molecule has 0 unspecified atom stereocenters. The minimum absolute atomic E-state index is 0.109. The summed E-state index contributed by atoms with van der Waals surface area (Å²) in [5.41, 5.74) is 0.618. The van der Waals surface area contributed by atoms with Gasteiger partial charge in [0.05, 0.1) is 0 Å². The van der Waals surface area contributed by atoms with E-state index in [1.54, 1.807) is 13.0 Å². The molecule has 8 heteroatoms. The molecule has 2 aromatic rings. The van der Waals surface area contributed by atoms with Crippen molar-refractivity contribution in [2.75, 3.05) is 0 Å². The minimum Gasteiger partial charge on any atom is -0.477 e. The van der Waals surface area contributed by atoms with E-state index in [-0.39, 0.29) is 10.6 Å². The van der Waals surface area contributed by atoms with Crippen LogP contribution in [0.1, 0.15) is 29.0 Å². The van der Waals surface area contributed by atoms with Crippen molar-refractivity contribution in [3.8, 4) is 0 Å². The normalized spacial score (nSPS) is 13.0. The zero-order valence-corrected chi connectivity index (χ0v) is 13.4. The summed E-state index contributed by atoms with van der Waals surface area (Å²) in [4.78, 5) is 13.1. The fourth-order valence-corrected chi connectivity index (χ4v) is 3.44. The molecule has 0 saturated heterocycles. The van der Waals surface area contributed by atoms with Crippen LogP contribution in [0.4, 0.5) is 0 Å². The molecular formula is C13H13BrN2O4S. The molecule has 0 fully saturated rings. The number of hydrogen-bond acceptors (Lipinski definition) is 3. The lowest BCUT2D eigenvalue weighted by molar-refractivity contribution is 0.0691. The Bertz CT molecular complexity index is 770. The SMILES string of the molecule is C[C@@H](NS(=O)(=O)c1c[nH]c(C(=O)O)c1)c1cccc(Br)c1. The fraction of sp³-hybridized carbons (Fsp3) is 0.154. The second-order valence-corrected chi connectivity index (χ2v) is 7.08. The van der Waals surface area contributed by atoms with Crippen LogP contribution >= 0.6 is 15.9 Å². The molecule has 0 spiro atoms. The molecule has 1 atom stereocenters. The summed E-state index contributed by atoms with van der Waals surface area (Å²) in [6, 6.07) is 7.90. The highest BCUT2D eigenvalue weighted by Crippen LogP contribution is 2.20. The number of halogens is 1. The Balaban J connectivity index is 2.22. The molecular weight excluding hydrogens is 360 g/mol. The second-order valence-electron chi connectivity index (χ2n) is 4.45. The molecule has 0 aliphatic heterocycles. The van der Waals surface area contributed by atoms with Gasteiger partial charge in [0.1, 0.15) is 10.6 Å². The predicted molar refractivity (Wildman–Crippen MR) is 80.6 cm³/mol. The highest BCUT2D eigenvalue weighted by Gasteiger charge is 2.21. The third kappa shape index (κ3) is 3.72. The average molecular weight is 373 g/mol. The summed E-state index contributed by atoms with van der Waals surface area (Å²) in [5, 5.41) is 8.80. The van der Waals surface area contributed by atoms with Gasteiger partial charge in [-0.25, -0.2) is 17.9 Å². The van der Waals surface area contributed by atoms with Gasteiger partial charge in [0, 0.05) is 16.7 Å². The summed E-state index contributed by atoms with van der Waals surface area (Å²) in [7, 11) is -3.79. The molecule has 6 nitrogen and oxygen atoms in total. The fourth-order valence-electron chi connectivity index (χ4n) is 1.80. The number of carbonyl (C=O) groups is 1. The summed E-state index contributed by atoms with van der Waals surface area (Å²) in [6.07, 6.45) is 1.15. The Morgan fingerprint density at radius 3 is 2.67 bits per heavy atom. The molecule has 0 aliphatic carbocycles. The first-order valence-electron chi connectivity index (χ1n) is 5.99. The van der Waals surface area contributed by atoms with E-state index in [0.29, 0.717) is 0 Å². The van der Waals surface area contributed by atoms with E-state index in [1.165, 1.54) is 0 Å². The molecule has 0 aliphatic rings. The van der Waals surface area contributed by atoms with Gasteiger partial charge in [0.2, 0.25) is 10.0 Å². The van der Waals surface area contributed by atoms with Crippen molar-refractivity contribution in [1.82, 2.24) is 9.71 Å². The molecule has 3 N–H and O–H groups in total. The Labute approximate surface area is 130 Å². The molecule has 1 aromatic carbocycles. The van der Waals surface area contributed by atoms with Crippen LogP contribution in [0.2, 0.25) is 0 Å². The van der Waals surface area contributed by atoms with Crippen LogP contribution in [0.15, 0.2) is 45.9 Å². The molecule has 112 valence electrons. The smallest absolute Gasteiger partial charge is 0.352 e. The van der Waals surface area contributed by atoms with E-state index in [4.69, 9.17) is 5.11 Å². The van der Waals surface area contributed by atoms with Crippen molar-refractivity contribution in [2.45, 2.75) is 17.9 Å². The van der Waals surface area contributed by atoms with E-state index >= 15 is 0 Å². The molecule has 2 rings (SSSR count). The number of sulfonamides is 1. The van der Waals surface area contributed by atoms with E-state index < -0.39 is 22.0 Å². The van der Waals surface area contributed by atoms with Crippen LogP contribution in [0.5, 0.6) is 0 Å². The van der Waals surface area contributed by atoms with Crippen LogP contribution < -0.4 is 4.72 Å². The monoisotopic (exact) mass is 372 g/mol. The molecule has 21 heavy (non-hydrogen) atoms. The van der Waals surface area contributed by atoms with Gasteiger partial charge in [-0.3, -0.25) is 0 Å². The minimum atomic E-state index is -3.79. The third-order valence-corrected chi connectivity index (χ3v) is 4.89. The van der Waals surface area contributed by atoms with Crippen molar-refractivity contribution in [2.24, 2.45) is 0 Å². The van der Waals surface area contributed by atoms with Gasteiger partial charge in [-0.2, -0.15) is 0 Å². The molecule has 0 saturated carbocycles.